The van der Waals surface area contributed by atoms with E-state index >= 15 is 0 Å². The van der Waals surface area contributed by atoms with Crippen LogP contribution in [-0.4, -0.2) is 56.3 Å². The van der Waals surface area contributed by atoms with E-state index in [1.807, 2.05) is 47.5 Å². The van der Waals surface area contributed by atoms with Gasteiger partial charge < -0.3 is 9.80 Å². The average molecular weight is 350 g/mol. The number of piperazine rings is 1. The third-order valence-electron chi connectivity index (χ3n) is 4.78. The second kappa shape index (κ2) is 6.74. The number of hydrogen-bond acceptors (Lipinski definition) is 5. The third kappa shape index (κ3) is 2.89. The number of nitrogens with zero attached hydrogens (tertiary/aromatic N) is 6. The van der Waals surface area contributed by atoms with E-state index in [2.05, 4.69) is 19.9 Å². The minimum Gasteiger partial charge on any atom is -0.337 e. The van der Waals surface area contributed by atoms with Crippen LogP contribution in [0.5, 0.6) is 0 Å². The lowest BCUT2D eigenvalue weighted by Crippen LogP contribution is -2.49. The van der Waals surface area contributed by atoms with Gasteiger partial charge in [0.1, 0.15) is 11.3 Å². The molecule has 0 bridgehead atoms. The first-order chi connectivity index (χ1) is 12.7. The first-order valence-electron chi connectivity index (χ1n) is 8.96. The molecule has 0 saturated carbocycles. The van der Waals surface area contributed by atoms with Gasteiger partial charge in [0.25, 0.3) is 5.91 Å². The Morgan fingerprint density at radius 1 is 1.12 bits per heavy atom. The number of rotatable bonds is 3. The zero-order valence-electron chi connectivity index (χ0n) is 15.1. The number of aromatic nitrogens is 4. The minimum absolute atomic E-state index is 0.0496. The van der Waals surface area contributed by atoms with E-state index in [0.29, 0.717) is 18.8 Å². The zero-order valence-corrected chi connectivity index (χ0v) is 15.1. The molecule has 0 spiro atoms. The van der Waals surface area contributed by atoms with Gasteiger partial charge in [0.05, 0.1) is 5.69 Å². The van der Waals surface area contributed by atoms with Gasteiger partial charge in [0.2, 0.25) is 5.95 Å². The molecular weight excluding hydrogens is 328 g/mol. The molecular formula is C19H22N6O. The second-order valence-corrected chi connectivity index (χ2v) is 6.52. The minimum atomic E-state index is 0.0496. The molecule has 0 unspecified atom stereocenters. The molecule has 0 aromatic carbocycles. The number of carbonyl (C=O) groups is 1. The highest BCUT2D eigenvalue weighted by molar-refractivity contribution is 5.95. The van der Waals surface area contributed by atoms with Crippen LogP contribution in [0.15, 0.2) is 36.8 Å². The Balaban J connectivity index is 1.57. The summed E-state index contributed by atoms with van der Waals surface area (Å²) >= 11 is 0. The highest BCUT2D eigenvalue weighted by Gasteiger charge is 2.27. The van der Waals surface area contributed by atoms with Crippen LogP contribution in [0.3, 0.4) is 0 Å². The summed E-state index contributed by atoms with van der Waals surface area (Å²) in [7, 11) is 0. The monoisotopic (exact) mass is 350 g/mol. The van der Waals surface area contributed by atoms with Gasteiger partial charge in [-0.25, -0.2) is 15.0 Å². The van der Waals surface area contributed by atoms with Crippen LogP contribution in [0.4, 0.5) is 5.95 Å². The molecule has 1 fully saturated rings. The molecule has 26 heavy (non-hydrogen) atoms. The fraction of sp³-hybridized carbons (Fsp3) is 0.368. The van der Waals surface area contributed by atoms with E-state index in [0.717, 1.165) is 42.4 Å². The molecule has 4 heterocycles. The molecule has 1 saturated heterocycles. The summed E-state index contributed by atoms with van der Waals surface area (Å²) in [4.78, 5) is 30.5. The number of anilines is 1. The maximum absolute atomic E-state index is 13.2. The molecule has 3 aromatic heterocycles. The van der Waals surface area contributed by atoms with Gasteiger partial charge in [-0.15, -0.1) is 0 Å². The Morgan fingerprint density at radius 3 is 2.54 bits per heavy atom. The summed E-state index contributed by atoms with van der Waals surface area (Å²) in [5, 5.41) is 0. The van der Waals surface area contributed by atoms with Crippen molar-refractivity contribution in [3.05, 3.63) is 53.7 Å². The largest absolute Gasteiger partial charge is 0.337 e. The van der Waals surface area contributed by atoms with Gasteiger partial charge in [0, 0.05) is 44.8 Å². The molecule has 1 aliphatic rings. The maximum atomic E-state index is 13.2. The summed E-state index contributed by atoms with van der Waals surface area (Å²) in [6.07, 6.45) is 6.21. The fourth-order valence-corrected chi connectivity index (χ4v) is 3.39. The van der Waals surface area contributed by atoms with Crippen LogP contribution in [0.25, 0.3) is 5.65 Å². The zero-order chi connectivity index (χ0) is 18.1. The van der Waals surface area contributed by atoms with Crippen molar-refractivity contribution in [3.8, 4) is 0 Å². The number of aryl methyl sites for hydroxylation is 2. The Kier molecular flexibility index (Phi) is 4.28. The molecule has 134 valence electrons. The van der Waals surface area contributed by atoms with Crippen molar-refractivity contribution in [2.24, 2.45) is 0 Å². The van der Waals surface area contributed by atoms with Crippen molar-refractivity contribution in [2.45, 2.75) is 20.3 Å². The molecule has 0 radical (unpaired) electrons. The molecule has 3 aromatic rings. The van der Waals surface area contributed by atoms with E-state index in [1.165, 1.54) is 0 Å². The van der Waals surface area contributed by atoms with Gasteiger partial charge in [-0.3, -0.25) is 9.20 Å². The van der Waals surface area contributed by atoms with Gasteiger partial charge >= 0.3 is 0 Å². The molecule has 0 aliphatic carbocycles. The number of carbonyl (C=O) groups excluding carboxylic acids is 1. The predicted octanol–water partition coefficient (Wildman–Crippen LogP) is 1.96. The number of hydrogen-bond donors (Lipinski definition) is 0. The van der Waals surface area contributed by atoms with Crippen molar-refractivity contribution in [1.29, 1.82) is 0 Å². The van der Waals surface area contributed by atoms with Crippen molar-refractivity contribution < 1.29 is 4.79 Å². The highest BCUT2D eigenvalue weighted by Crippen LogP contribution is 2.19. The normalized spacial score (nSPS) is 14.8. The molecule has 1 aliphatic heterocycles. The number of fused-ring (bicyclic) bond motifs is 1. The Hall–Kier alpha value is -2.96. The average Bonchev–Trinajstić information content (AvgIpc) is 3.06. The van der Waals surface area contributed by atoms with Crippen molar-refractivity contribution in [3.63, 3.8) is 0 Å². The van der Waals surface area contributed by atoms with Crippen LogP contribution in [0.1, 0.15) is 28.7 Å². The van der Waals surface area contributed by atoms with Crippen LogP contribution in [-0.2, 0) is 6.42 Å². The van der Waals surface area contributed by atoms with E-state index in [9.17, 15) is 4.79 Å². The van der Waals surface area contributed by atoms with E-state index in [1.54, 1.807) is 12.4 Å². The van der Waals surface area contributed by atoms with E-state index in [-0.39, 0.29) is 5.91 Å². The Morgan fingerprint density at radius 2 is 1.85 bits per heavy atom. The smallest absolute Gasteiger partial charge is 0.272 e. The van der Waals surface area contributed by atoms with Crippen molar-refractivity contribution in [2.75, 3.05) is 31.1 Å². The molecule has 0 N–H and O–H groups in total. The number of imidazole rings is 1. The molecule has 7 heteroatoms. The van der Waals surface area contributed by atoms with Gasteiger partial charge in [-0.2, -0.15) is 0 Å². The second-order valence-electron chi connectivity index (χ2n) is 6.52. The summed E-state index contributed by atoms with van der Waals surface area (Å²) in [6, 6.07) is 5.80. The SMILES string of the molecule is CCc1nc2ccc(C)cn2c1C(=O)N1CCN(c2ncccn2)CC1. The fourth-order valence-electron chi connectivity index (χ4n) is 3.39. The molecule has 1 amide bonds. The number of amides is 1. The summed E-state index contributed by atoms with van der Waals surface area (Å²) < 4.78 is 1.93. The summed E-state index contributed by atoms with van der Waals surface area (Å²) in [6.45, 7) is 6.83. The van der Waals surface area contributed by atoms with Crippen LogP contribution in [0, 0.1) is 6.92 Å². The molecule has 4 rings (SSSR count). The number of pyridine rings is 1. The standard InChI is InChI=1S/C19H22N6O/c1-3-15-17(25-13-14(2)5-6-16(25)22-15)18(26)23-9-11-24(12-10-23)19-20-7-4-8-21-19/h4-8,13H,3,9-12H2,1-2H3. The van der Waals surface area contributed by atoms with Crippen LogP contribution in [0.2, 0.25) is 0 Å². The third-order valence-corrected chi connectivity index (χ3v) is 4.78. The van der Waals surface area contributed by atoms with Crippen molar-refractivity contribution in [1.82, 2.24) is 24.3 Å². The predicted molar refractivity (Wildman–Crippen MR) is 99.5 cm³/mol. The molecule has 0 atom stereocenters. The summed E-state index contributed by atoms with van der Waals surface area (Å²) in [5.41, 5.74) is 3.48. The summed E-state index contributed by atoms with van der Waals surface area (Å²) in [5.74, 6) is 0.771. The Labute approximate surface area is 152 Å². The van der Waals surface area contributed by atoms with Gasteiger partial charge in [-0.05, 0) is 31.0 Å². The van der Waals surface area contributed by atoms with Crippen LogP contribution >= 0.6 is 0 Å². The molecule has 7 nitrogen and oxygen atoms in total. The highest BCUT2D eigenvalue weighted by atomic mass is 16.2. The lowest BCUT2D eigenvalue weighted by Gasteiger charge is -2.34. The Bertz CT molecular complexity index is 928. The van der Waals surface area contributed by atoms with Gasteiger partial charge in [0.15, 0.2) is 0 Å². The van der Waals surface area contributed by atoms with Crippen LogP contribution < -0.4 is 4.90 Å². The lowest BCUT2D eigenvalue weighted by molar-refractivity contribution is 0.0738. The topological polar surface area (TPSA) is 66.6 Å². The van der Waals surface area contributed by atoms with E-state index in [4.69, 9.17) is 0 Å². The first-order valence-corrected chi connectivity index (χ1v) is 8.96. The quantitative estimate of drug-likeness (QED) is 0.722. The van der Waals surface area contributed by atoms with E-state index < -0.39 is 0 Å². The first kappa shape index (κ1) is 16.5. The maximum Gasteiger partial charge on any atom is 0.272 e. The lowest BCUT2D eigenvalue weighted by atomic mass is 10.2. The van der Waals surface area contributed by atoms with Crippen molar-refractivity contribution >= 4 is 17.5 Å². The van der Waals surface area contributed by atoms with Gasteiger partial charge in [-0.1, -0.05) is 13.0 Å².